The molecular formula is C23H26ClN3O2. The minimum absolute atomic E-state index is 0.00473. The summed E-state index contributed by atoms with van der Waals surface area (Å²) in [6, 6.07) is 13.7. The van der Waals surface area contributed by atoms with Gasteiger partial charge in [0.25, 0.3) is 5.91 Å². The number of hydrogen-bond acceptors (Lipinski definition) is 3. The first-order valence-corrected chi connectivity index (χ1v) is 10.6. The summed E-state index contributed by atoms with van der Waals surface area (Å²) in [5.41, 5.74) is 3.88. The molecule has 0 atom stereocenters. The molecule has 5 nitrogen and oxygen atoms in total. The van der Waals surface area contributed by atoms with Gasteiger partial charge in [0.15, 0.2) is 0 Å². The number of anilines is 1. The van der Waals surface area contributed by atoms with Crippen molar-refractivity contribution in [3.8, 4) is 0 Å². The van der Waals surface area contributed by atoms with E-state index in [4.69, 9.17) is 11.6 Å². The van der Waals surface area contributed by atoms with E-state index >= 15 is 0 Å². The molecule has 2 aliphatic rings. The van der Waals surface area contributed by atoms with Gasteiger partial charge in [-0.1, -0.05) is 35.9 Å². The van der Waals surface area contributed by atoms with E-state index in [0.717, 1.165) is 26.1 Å². The van der Waals surface area contributed by atoms with E-state index in [9.17, 15) is 9.59 Å². The maximum absolute atomic E-state index is 13.0. The van der Waals surface area contributed by atoms with Gasteiger partial charge in [-0.15, -0.1) is 0 Å². The van der Waals surface area contributed by atoms with E-state index in [0.29, 0.717) is 42.3 Å². The van der Waals surface area contributed by atoms with E-state index in [-0.39, 0.29) is 11.8 Å². The van der Waals surface area contributed by atoms with E-state index in [1.165, 1.54) is 11.1 Å². The zero-order valence-corrected chi connectivity index (χ0v) is 17.5. The predicted octanol–water partition coefficient (Wildman–Crippen LogP) is 3.73. The Kier molecular flexibility index (Phi) is 5.88. The summed E-state index contributed by atoms with van der Waals surface area (Å²) in [4.78, 5) is 31.1. The average molecular weight is 412 g/mol. The van der Waals surface area contributed by atoms with E-state index < -0.39 is 0 Å². The molecule has 2 heterocycles. The van der Waals surface area contributed by atoms with Crippen LogP contribution in [0, 0.1) is 6.92 Å². The summed E-state index contributed by atoms with van der Waals surface area (Å²) in [6.07, 6.45) is 1.37. The van der Waals surface area contributed by atoms with Crippen LogP contribution in [0.15, 0.2) is 42.5 Å². The second-order valence-electron chi connectivity index (χ2n) is 7.81. The number of carbonyl (C=O) groups excluding carboxylic acids is 2. The van der Waals surface area contributed by atoms with Gasteiger partial charge in [-0.3, -0.25) is 14.5 Å². The number of rotatable bonds is 4. The highest BCUT2D eigenvalue weighted by Crippen LogP contribution is 2.31. The van der Waals surface area contributed by atoms with Gasteiger partial charge in [0.05, 0.1) is 10.7 Å². The quantitative estimate of drug-likeness (QED) is 0.769. The Morgan fingerprint density at radius 2 is 1.79 bits per heavy atom. The van der Waals surface area contributed by atoms with Gasteiger partial charge in [0.1, 0.15) is 0 Å². The van der Waals surface area contributed by atoms with Crippen molar-refractivity contribution < 1.29 is 9.59 Å². The molecule has 29 heavy (non-hydrogen) atoms. The lowest BCUT2D eigenvalue weighted by atomic mass is 10.1. The third-order valence-electron chi connectivity index (χ3n) is 5.87. The van der Waals surface area contributed by atoms with Crippen LogP contribution in [0.4, 0.5) is 5.69 Å². The van der Waals surface area contributed by atoms with Crippen molar-refractivity contribution in [2.45, 2.75) is 26.3 Å². The van der Waals surface area contributed by atoms with Crippen molar-refractivity contribution >= 4 is 29.1 Å². The molecule has 2 amide bonds. The summed E-state index contributed by atoms with van der Waals surface area (Å²) >= 11 is 6.32. The Hall–Kier alpha value is -2.37. The SMILES string of the molecule is Cc1ccccc1CN1CCN(C(=O)c2ccc(Cl)c(N3CCCC3=O)c2)CC1. The second kappa shape index (κ2) is 8.56. The van der Waals surface area contributed by atoms with E-state index in [1.807, 2.05) is 4.90 Å². The molecule has 0 radical (unpaired) electrons. The molecule has 2 aromatic carbocycles. The number of piperazine rings is 1. The Morgan fingerprint density at radius 3 is 2.48 bits per heavy atom. The lowest BCUT2D eigenvalue weighted by molar-refractivity contribution is -0.117. The molecule has 2 fully saturated rings. The summed E-state index contributed by atoms with van der Waals surface area (Å²) in [5, 5.41) is 0.514. The molecule has 0 saturated carbocycles. The molecule has 2 saturated heterocycles. The van der Waals surface area contributed by atoms with Gasteiger partial charge < -0.3 is 9.80 Å². The fourth-order valence-corrected chi connectivity index (χ4v) is 4.30. The summed E-state index contributed by atoms with van der Waals surface area (Å²) in [7, 11) is 0. The molecule has 0 N–H and O–H groups in total. The number of hydrogen-bond donors (Lipinski definition) is 0. The van der Waals surface area contributed by atoms with Gasteiger partial charge >= 0.3 is 0 Å². The van der Waals surface area contributed by atoms with Crippen LogP contribution in [0.25, 0.3) is 0 Å². The first-order chi connectivity index (χ1) is 14.0. The molecule has 6 heteroatoms. The largest absolute Gasteiger partial charge is 0.336 e. The van der Waals surface area contributed by atoms with Crippen molar-refractivity contribution in [2.75, 3.05) is 37.6 Å². The van der Waals surface area contributed by atoms with Crippen LogP contribution >= 0.6 is 11.6 Å². The molecule has 4 rings (SSSR count). The van der Waals surface area contributed by atoms with Crippen molar-refractivity contribution in [3.63, 3.8) is 0 Å². The fourth-order valence-electron chi connectivity index (χ4n) is 4.08. The molecular weight excluding hydrogens is 386 g/mol. The average Bonchev–Trinajstić information content (AvgIpc) is 3.16. The molecule has 0 aliphatic carbocycles. The van der Waals surface area contributed by atoms with Crippen LogP contribution in [-0.2, 0) is 11.3 Å². The van der Waals surface area contributed by atoms with Gasteiger partial charge in [-0.2, -0.15) is 0 Å². The lowest BCUT2D eigenvalue weighted by Crippen LogP contribution is -2.48. The smallest absolute Gasteiger partial charge is 0.254 e. The van der Waals surface area contributed by atoms with Crippen LogP contribution in [0.3, 0.4) is 0 Å². The molecule has 152 valence electrons. The van der Waals surface area contributed by atoms with Gasteiger partial charge in [-0.25, -0.2) is 0 Å². The molecule has 0 unspecified atom stereocenters. The first-order valence-electron chi connectivity index (χ1n) is 10.2. The summed E-state index contributed by atoms with van der Waals surface area (Å²) in [5.74, 6) is 0.0754. The molecule has 2 aliphatic heterocycles. The van der Waals surface area contributed by atoms with Crippen molar-refractivity contribution in [3.05, 3.63) is 64.2 Å². The highest BCUT2D eigenvalue weighted by molar-refractivity contribution is 6.34. The maximum Gasteiger partial charge on any atom is 0.254 e. The van der Waals surface area contributed by atoms with Gasteiger partial charge in [0, 0.05) is 51.3 Å². The van der Waals surface area contributed by atoms with Crippen LogP contribution in [-0.4, -0.2) is 54.3 Å². The van der Waals surface area contributed by atoms with E-state index in [1.54, 1.807) is 23.1 Å². The van der Waals surface area contributed by atoms with Crippen LogP contribution in [0.1, 0.15) is 34.3 Å². The number of aryl methyl sites for hydroxylation is 1. The van der Waals surface area contributed by atoms with Crippen LogP contribution < -0.4 is 4.90 Å². The fraction of sp³-hybridized carbons (Fsp3) is 0.391. The third kappa shape index (κ3) is 4.31. The first kappa shape index (κ1) is 19.9. The highest BCUT2D eigenvalue weighted by Gasteiger charge is 2.26. The normalized spacial score (nSPS) is 17.8. The summed E-state index contributed by atoms with van der Waals surface area (Å²) < 4.78 is 0. The van der Waals surface area contributed by atoms with Crippen LogP contribution in [0.2, 0.25) is 5.02 Å². The Labute approximate surface area is 176 Å². The maximum atomic E-state index is 13.0. The Balaban J connectivity index is 1.41. The standard InChI is InChI=1S/C23H26ClN3O2/c1-17-5-2-3-6-19(17)16-25-11-13-26(14-12-25)23(29)18-8-9-20(24)21(15-18)27-10-4-7-22(27)28/h2-3,5-6,8-9,15H,4,7,10-14,16H2,1H3. The number of nitrogens with zero attached hydrogens (tertiary/aromatic N) is 3. The molecule has 0 spiro atoms. The zero-order valence-electron chi connectivity index (χ0n) is 16.7. The number of carbonyl (C=O) groups is 2. The highest BCUT2D eigenvalue weighted by atomic mass is 35.5. The Bertz CT molecular complexity index is 922. The minimum Gasteiger partial charge on any atom is -0.336 e. The number of halogens is 1. The van der Waals surface area contributed by atoms with Crippen molar-refractivity contribution in [1.82, 2.24) is 9.80 Å². The number of benzene rings is 2. The van der Waals surface area contributed by atoms with E-state index in [2.05, 4.69) is 36.1 Å². The minimum atomic E-state index is 0.00473. The molecule has 0 bridgehead atoms. The zero-order chi connectivity index (χ0) is 20.4. The summed E-state index contributed by atoms with van der Waals surface area (Å²) in [6.45, 7) is 6.82. The topological polar surface area (TPSA) is 43.9 Å². The lowest BCUT2D eigenvalue weighted by Gasteiger charge is -2.35. The molecule has 0 aromatic heterocycles. The predicted molar refractivity (Wildman–Crippen MR) is 115 cm³/mol. The number of amides is 2. The van der Waals surface area contributed by atoms with Crippen LogP contribution in [0.5, 0.6) is 0 Å². The van der Waals surface area contributed by atoms with Crippen molar-refractivity contribution in [1.29, 1.82) is 0 Å². The third-order valence-corrected chi connectivity index (χ3v) is 6.19. The van der Waals surface area contributed by atoms with Gasteiger partial charge in [-0.05, 0) is 42.7 Å². The second-order valence-corrected chi connectivity index (χ2v) is 8.22. The van der Waals surface area contributed by atoms with Crippen molar-refractivity contribution in [2.24, 2.45) is 0 Å². The molecule has 2 aromatic rings. The Morgan fingerprint density at radius 1 is 1.03 bits per heavy atom. The monoisotopic (exact) mass is 411 g/mol. The van der Waals surface area contributed by atoms with Gasteiger partial charge in [0.2, 0.25) is 5.91 Å².